The molecule has 0 bridgehead atoms. The molecule has 0 aromatic carbocycles. The van der Waals surface area contributed by atoms with Gasteiger partial charge in [-0.25, -0.2) is 0 Å². The SMILES string of the molecule is CCOC(=O)CN1CCN(CCN[C@@H](C)C(N)=O)CC1. The molecule has 1 saturated heterocycles. The van der Waals surface area contributed by atoms with E-state index in [0.717, 1.165) is 39.3 Å². The number of ether oxygens (including phenoxy) is 1. The zero-order valence-corrected chi connectivity index (χ0v) is 12.4. The van der Waals surface area contributed by atoms with Crippen molar-refractivity contribution >= 4 is 11.9 Å². The van der Waals surface area contributed by atoms with Gasteiger partial charge >= 0.3 is 5.97 Å². The normalized spacial score (nSPS) is 18.7. The Morgan fingerprint density at radius 1 is 1.25 bits per heavy atom. The fourth-order valence-electron chi connectivity index (χ4n) is 2.10. The summed E-state index contributed by atoms with van der Waals surface area (Å²) in [4.78, 5) is 26.7. The molecule has 3 N–H and O–H groups in total. The Labute approximate surface area is 120 Å². The van der Waals surface area contributed by atoms with Crippen LogP contribution in [0.15, 0.2) is 0 Å². The maximum Gasteiger partial charge on any atom is 0.320 e. The van der Waals surface area contributed by atoms with Gasteiger partial charge in [-0.3, -0.25) is 19.4 Å². The minimum absolute atomic E-state index is 0.155. The van der Waals surface area contributed by atoms with E-state index in [9.17, 15) is 9.59 Å². The molecule has 116 valence electrons. The molecule has 1 amide bonds. The second kappa shape index (κ2) is 8.89. The molecule has 1 fully saturated rings. The molecule has 0 aliphatic carbocycles. The fraction of sp³-hybridized carbons (Fsp3) is 0.846. The standard InChI is InChI=1S/C13H26N4O3/c1-3-20-12(18)10-17-8-6-16(7-9-17)5-4-15-11(2)13(14)19/h11,15H,3-10H2,1-2H3,(H2,14,19)/t11-/m0/s1. The third kappa shape index (κ3) is 6.31. The number of nitrogens with one attached hydrogen (secondary N) is 1. The van der Waals surface area contributed by atoms with Crippen LogP contribution in [0.2, 0.25) is 0 Å². The average Bonchev–Trinajstić information content (AvgIpc) is 2.40. The van der Waals surface area contributed by atoms with Crippen LogP contribution in [-0.2, 0) is 14.3 Å². The molecule has 0 aromatic heterocycles. The third-order valence-corrected chi connectivity index (χ3v) is 3.43. The van der Waals surface area contributed by atoms with Crippen molar-refractivity contribution in [1.82, 2.24) is 15.1 Å². The van der Waals surface area contributed by atoms with Gasteiger partial charge in [0.25, 0.3) is 0 Å². The van der Waals surface area contributed by atoms with E-state index in [1.807, 2.05) is 6.92 Å². The summed E-state index contributed by atoms with van der Waals surface area (Å²) in [6.45, 7) is 9.58. The van der Waals surface area contributed by atoms with E-state index in [4.69, 9.17) is 10.5 Å². The number of nitrogens with two attached hydrogens (primary N) is 1. The topological polar surface area (TPSA) is 87.9 Å². The molecule has 7 heteroatoms. The highest BCUT2D eigenvalue weighted by Crippen LogP contribution is 2.01. The number of carbonyl (C=O) groups excluding carboxylic acids is 2. The zero-order valence-electron chi connectivity index (χ0n) is 12.4. The minimum atomic E-state index is -0.329. The molecule has 20 heavy (non-hydrogen) atoms. The van der Waals surface area contributed by atoms with Gasteiger partial charge in [-0.15, -0.1) is 0 Å². The van der Waals surface area contributed by atoms with Gasteiger partial charge in [-0.2, -0.15) is 0 Å². The first-order valence-corrected chi connectivity index (χ1v) is 7.16. The summed E-state index contributed by atoms with van der Waals surface area (Å²) in [6.07, 6.45) is 0. The van der Waals surface area contributed by atoms with Crippen LogP contribution in [0.25, 0.3) is 0 Å². The monoisotopic (exact) mass is 286 g/mol. The lowest BCUT2D eigenvalue weighted by atomic mass is 10.3. The maximum atomic E-state index is 11.4. The van der Waals surface area contributed by atoms with E-state index in [-0.39, 0.29) is 17.9 Å². The Bertz CT molecular complexity index is 317. The van der Waals surface area contributed by atoms with Crippen molar-refractivity contribution in [2.45, 2.75) is 19.9 Å². The highest BCUT2D eigenvalue weighted by atomic mass is 16.5. The lowest BCUT2D eigenvalue weighted by molar-refractivity contribution is -0.144. The van der Waals surface area contributed by atoms with Crippen LogP contribution < -0.4 is 11.1 Å². The molecule has 1 rings (SSSR count). The molecule has 0 radical (unpaired) electrons. The maximum absolute atomic E-state index is 11.4. The van der Waals surface area contributed by atoms with Crippen LogP contribution in [-0.4, -0.2) is 80.1 Å². The van der Waals surface area contributed by atoms with E-state index < -0.39 is 0 Å². The van der Waals surface area contributed by atoms with Crippen LogP contribution in [0.1, 0.15) is 13.8 Å². The molecule has 1 aliphatic rings. The van der Waals surface area contributed by atoms with E-state index in [2.05, 4.69) is 15.1 Å². The second-order valence-electron chi connectivity index (χ2n) is 5.00. The number of rotatable bonds is 8. The summed E-state index contributed by atoms with van der Waals surface area (Å²) in [5.74, 6) is -0.484. The van der Waals surface area contributed by atoms with Crippen LogP contribution in [0.3, 0.4) is 0 Å². The van der Waals surface area contributed by atoms with Crippen molar-refractivity contribution in [2.24, 2.45) is 5.73 Å². The number of carbonyl (C=O) groups is 2. The predicted octanol–water partition coefficient (Wildman–Crippen LogP) is -1.37. The Morgan fingerprint density at radius 3 is 2.40 bits per heavy atom. The lowest BCUT2D eigenvalue weighted by Gasteiger charge is -2.34. The van der Waals surface area contributed by atoms with Crippen molar-refractivity contribution < 1.29 is 14.3 Å². The van der Waals surface area contributed by atoms with Gasteiger partial charge in [0, 0.05) is 39.3 Å². The Morgan fingerprint density at radius 2 is 1.85 bits per heavy atom. The van der Waals surface area contributed by atoms with Crippen LogP contribution in [0.4, 0.5) is 0 Å². The van der Waals surface area contributed by atoms with Gasteiger partial charge in [0.1, 0.15) is 0 Å². The summed E-state index contributed by atoms with van der Waals surface area (Å²) in [5, 5.41) is 3.09. The molecule has 1 atom stereocenters. The van der Waals surface area contributed by atoms with Crippen molar-refractivity contribution in [1.29, 1.82) is 0 Å². The first kappa shape index (κ1) is 16.9. The van der Waals surface area contributed by atoms with Crippen LogP contribution in [0, 0.1) is 0 Å². The van der Waals surface area contributed by atoms with Gasteiger partial charge < -0.3 is 15.8 Å². The van der Waals surface area contributed by atoms with E-state index in [1.165, 1.54) is 0 Å². The largest absolute Gasteiger partial charge is 0.465 e. The summed E-state index contributed by atoms with van der Waals surface area (Å²) >= 11 is 0. The number of piperazine rings is 1. The van der Waals surface area contributed by atoms with Gasteiger partial charge in [-0.05, 0) is 13.8 Å². The quantitative estimate of drug-likeness (QED) is 0.535. The number of hydrogen-bond donors (Lipinski definition) is 2. The Balaban J connectivity index is 2.13. The molecule has 0 spiro atoms. The molecule has 0 aromatic rings. The molecule has 1 aliphatic heterocycles. The third-order valence-electron chi connectivity index (χ3n) is 3.43. The first-order chi connectivity index (χ1) is 9.52. The summed E-state index contributed by atoms with van der Waals surface area (Å²) in [7, 11) is 0. The van der Waals surface area contributed by atoms with Gasteiger partial charge in [-0.1, -0.05) is 0 Å². The molecule has 0 saturated carbocycles. The Kier molecular flexibility index (Phi) is 7.50. The molecular weight excluding hydrogens is 260 g/mol. The van der Waals surface area contributed by atoms with Gasteiger partial charge in [0.15, 0.2) is 0 Å². The highest BCUT2D eigenvalue weighted by Gasteiger charge is 2.19. The zero-order chi connectivity index (χ0) is 15.0. The van der Waals surface area contributed by atoms with E-state index in [1.54, 1.807) is 6.92 Å². The van der Waals surface area contributed by atoms with Crippen molar-refractivity contribution in [3.8, 4) is 0 Å². The summed E-state index contributed by atoms with van der Waals surface area (Å²) < 4.78 is 4.94. The fourth-order valence-corrected chi connectivity index (χ4v) is 2.10. The first-order valence-electron chi connectivity index (χ1n) is 7.16. The number of nitrogens with zero attached hydrogens (tertiary/aromatic N) is 2. The van der Waals surface area contributed by atoms with E-state index >= 15 is 0 Å². The smallest absolute Gasteiger partial charge is 0.320 e. The minimum Gasteiger partial charge on any atom is -0.465 e. The van der Waals surface area contributed by atoms with Gasteiger partial charge in [0.05, 0.1) is 19.2 Å². The van der Waals surface area contributed by atoms with Crippen molar-refractivity contribution in [3.05, 3.63) is 0 Å². The van der Waals surface area contributed by atoms with Crippen LogP contribution in [0.5, 0.6) is 0 Å². The Hall–Kier alpha value is -1.18. The second-order valence-corrected chi connectivity index (χ2v) is 5.00. The number of primary amides is 1. The van der Waals surface area contributed by atoms with Crippen molar-refractivity contribution in [3.63, 3.8) is 0 Å². The molecular formula is C13H26N4O3. The highest BCUT2D eigenvalue weighted by molar-refractivity contribution is 5.79. The van der Waals surface area contributed by atoms with Crippen LogP contribution >= 0.6 is 0 Å². The predicted molar refractivity (Wildman–Crippen MR) is 76.2 cm³/mol. The molecule has 1 heterocycles. The lowest BCUT2D eigenvalue weighted by Crippen LogP contribution is -2.50. The summed E-state index contributed by atoms with van der Waals surface area (Å²) in [6, 6.07) is -0.292. The average molecular weight is 286 g/mol. The number of esters is 1. The van der Waals surface area contributed by atoms with Crippen molar-refractivity contribution in [2.75, 3.05) is 52.4 Å². The molecule has 0 unspecified atom stereocenters. The van der Waals surface area contributed by atoms with E-state index in [0.29, 0.717) is 13.2 Å². The molecule has 7 nitrogen and oxygen atoms in total. The number of hydrogen-bond acceptors (Lipinski definition) is 6. The summed E-state index contributed by atoms with van der Waals surface area (Å²) in [5.41, 5.74) is 5.18. The van der Waals surface area contributed by atoms with Gasteiger partial charge in [0.2, 0.25) is 5.91 Å². The number of amides is 1.